The van der Waals surface area contributed by atoms with E-state index in [2.05, 4.69) is 10.3 Å². The predicted molar refractivity (Wildman–Crippen MR) is 118 cm³/mol. The van der Waals surface area contributed by atoms with Gasteiger partial charge in [0.1, 0.15) is 0 Å². The Morgan fingerprint density at radius 1 is 1.16 bits per heavy atom. The number of ether oxygens (including phenoxy) is 2. The topological polar surface area (TPSA) is 118 Å². The van der Waals surface area contributed by atoms with Crippen molar-refractivity contribution in [3.05, 3.63) is 59.2 Å². The van der Waals surface area contributed by atoms with Gasteiger partial charge < -0.3 is 19.8 Å². The molecule has 2 N–H and O–H groups in total. The Hall–Kier alpha value is -2.92. The number of fused-ring (bicyclic) bond motifs is 1. The molecule has 2 aromatic carbocycles. The van der Waals surface area contributed by atoms with Crippen molar-refractivity contribution in [2.75, 3.05) is 38.2 Å². The molecule has 0 unspecified atom stereocenters. The minimum Gasteiger partial charge on any atom is -0.452 e. The number of para-hydroxylation sites is 1. The molecule has 0 bridgehead atoms. The lowest BCUT2D eigenvalue weighted by atomic mass is 10.2. The van der Waals surface area contributed by atoms with Gasteiger partial charge in [0.2, 0.25) is 10.0 Å². The van der Waals surface area contributed by atoms with Crippen LogP contribution in [-0.4, -0.2) is 62.5 Å². The van der Waals surface area contributed by atoms with Crippen molar-refractivity contribution in [3.63, 3.8) is 0 Å². The Kier molecular flexibility index (Phi) is 6.47. The zero-order valence-electron chi connectivity index (χ0n) is 16.8. The molecule has 32 heavy (non-hydrogen) atoms. The quantitative estimate of drug-likeness (QED) is 0.527. The van der Waals surface area contributed by atoms with Crippen LogP contribution in [0.25, 0.3) is 10.9 Å². The number of nitrogens with one attached hydrogen (secondary N) is 2. The minimum absolute atomic E-state index is 0.00473. The molecular formula is C21H20ClN3O6S. The molecule has 2 heterocycles. The summed E-state index contributed by atoms with van der Waals surface area (Å²) < 4.78 is 37.3. The molecule has 11 heteroatoms. The van der Waals surface area contributed by atoms with Gasteiger partial charge in [-0.2, -0.15) is 4.31 Å². The lowest BCUT2D eigenvalue weighted by molar-refractivity contribution is -0.119. The summed E-state index contributed by atoms with van der Waals surface area (Å²) in [5.74, 6) is -1.31. The monoisotopic (exact) mass is 477 g/mol. The molecule has 1 saturated heterocycles. The molecule has 0 saturated carbocycles. The average molecular weight is 478 g/mol. The maximum absolute atomic E-state index is 12.8. The van der Waals surface area contributed by atoms with Gasteiger partial charge in [-0.05, 0) is 24.3 Å². The summed E-state index contributed by atoms with van der Waals surface area (Å²) in [6.45, 7) is 0.568. The number of hydrogen-bond donors (Lipinski definition) is 2. The first-order chi connectivity index (χ1) is 15.4. The van der Waals surface area contributed by atoms with Crippen LogP contribution in [0.1, 0.15) is 10.4 Å². The third kappa shape index (κ3) is 4.63. The fraction of sp³-hybridized carbons (Fsp3) is 0.238. The summed E-state index contributed by atoms with van der Waals surface area (Å²) in [5.41, 5.74) is 1.19. The van der Waals surface area contributed by atoms with Crippen LogP contribution in [0.5, 0.6) is 0 Å². The van der Waals surface area contributed by atoms with Gasteiger partial charge in [-0.1, -0.05) is 29.8 Å². The Bertz CT molecular complexity index is 1270. The lowest BCUT2D eigenvalue weighted by Crippen LogP contribution is -2.40. The number of carbonyl (C=O) groups is 2. The Morgan fingerprint density at radius 3 is 2.69 bits per heavy atom. The number of morpholine rings is 1. The highest BCUT2D eigenvalue weighted by atomic mass is 35.5. The van der Waals surface area contributed by atoms with Crippen LogP contribution >= 0.6 is 11.6 Å². The summed E-state index contributed by atoms with van der Waals surface area (Å²) in [7, 11) is -3.76. The van der Waals surface area contributed by atoms with E-state index < -0.39 is 28.5 Å². The van der Waals surface area contributed by atoms with E-state index in [-0.39, 0.29) is 28.7 Å². The third-order valence-electron chi connectivity index (χ3n) is 4.96. The van der Waals surface area contributed by atoms with E-state index in [4.69, 9.17) is 21.1 Å². The van der Waals surface area contributed by atoms with E-state index in [1.807, 2.05) is 12.1 Å². The fourth-order valence-electron chi connectivity index (χ4n) is 3.33. The van der Waals surface area contributed by atoms with Gasteiger partial charge in [0.25, 0.3) is 5.91 Å². The number of rotatable bonds is 6. The van der Waals surface area contributed by atoms with Crippen molar-refractivity contribution in [2.24, 2.45) is 0 Å². The molecule has 1 aromatic heterocycles. The second kappa shape index (κ2) is 9.29. The van der Waals surface area contributed by atoms with E-state index >= 15 is 0 Å². The number of halogens is 1. The zero-order valence-corrected chi connectivity index (χ0v) is 18.4. The summed E-state index contributed by atoms with van der Waals surface area (Å²) in [4.78, 5) is 27.7. The fourth-order valence-corrected chi connectivity index (χ4v) is 4.93. The van der Waals surface area contributed by atoms with Gasteiger partial charge in [-0.25, -0.2) is 13.2 Å². The van der Waals surface area contributed by atoms with Crippen LogP contribution in [0.3, 0.4) is 0 Å². The minimum atomic E-state index is -3.76. The van der Waals surface area contributed by atoms with Crippen LogP contribution in [0.2, 0.25) is 5.02 Å². The number of H-pyrrole nitrogens is 1. The van der Waals surface area contributed by atoms with Gasteiger partial charge in [-0.3, -0.25) is 4.79 Å². The number of anilines is 1. The number of amides is 1. The SMILES string of the molecule is O=C(COC(=O)c1c[nH]c2ccccc12)Nc1cc(S(=O)(=O)N2CCOCC2)ccc1Cl. The molecule has 168 valence electrons. The number of aromatic amines is 1. The first-order valence-electron chi connectivity index (χ1n) is 9.77. The van der Waals surface area contributed by atoms with Crippen LogP contribution in [0.4, 0.5) is 5.69 Å². The number of hydrogen-bond acceptors (Lipinski definition) is 6. The van der Waals surface area contributed by atoms with Crippen LogP contribution in [0.15, 0.2) is 53.6 Å². The van der Waals surface area contributed by atoms with E-state index in [1.54, 1.807) is 12.1 Å². The predicted octanol–water partition coefficient (Wildman–Crippen LogP) is 2.64. The smallest absolute Gasteiger partial charge is 0.340 e. The molecule has 0 atom stereocenters. The maximum atomic E-state index is 12.8. The highest BCUT2D eigenvalue weighted by molar-refractivity contribution is 7.89. The number of nitrogens with zero attached hydrogens (tertiary/aromatic N) is 1. The molecule has 9 nitrogen and oxygen atoms in total. The van der Waals surface area contributed by atoms with Gasteiger partial charge >= 0.3 is 5.97 Å². The Labute approximate surface area is 189 Å². The Balaban J connectivity index is 1.43. The third-order valence-corrected chi connectivity index (χ3v) is 7.19. The highest BCUT2D eigenvalue weighted by Crippen LogP contribution is 2.27. The van der Waals surface area contributed by atoms with Crippen molar-refractivity contribution < 1.29 is 27.5 Å². The maximum Gasteiger partial charge on any atom is 0.340 e. The van der Waals surface area contributed by atoms with E-state index in [0.717, 1.165) is 5.52 Å². The lowest BCUT2D eigenvalue weighted by Gasteiger charge is -2.26. The van der Waals surface area contributed by atoms with Gasteiger partial charge in [0, 0.05) is 30.2 Å². The van der Waals surface area contributed by atoms with Crippen molar-refractivity contribution in [1.82, 2.24) is 9.29 Å². The number of aromatic nitrogens is 1. The highest BCUT2D eigenvalue weighted by Gasteiger charge is 2.27. The van der Waals surface area contributed by atoms with Crippen molar-refractivity contribution in [3.8, 4) is 0 Å². The largest absolute Gasteiger partial charge is 0.452 e. The number of carbonyl (C=O) groups excluding carboxylic acids is 2. The molecule has 1 amide bonds. The van der Waals surface area contributed by atoms with E-state index in [9.17, 15) is 18.0 Å². The van der Waals surface area contributed by atoms with Crippen LogP contribution in [-0.2, 0) is 24.3 Å². The van der Waals surface area contributed by atoms with E-state index in [1.165, 1.54) is 28.7 Å². The first kappa shape index (κ1) is 22.3. The van der Waals surface area contributed by atoms with Crippen LogP contribution in [0, 0.1) is 0 Å². The molecular weight excluding hydrogens is 458 g/mol. The molecule has 4 rings (SSSR count). The molecule has 1 fully saturated rings. The van der Waals surface area contributed by atoms with Crippen molar-refractivity contribution in [2.45, 2.75) is 4.90 Å². The number of benzene rings is 2. The second-order valence-corrected chi connectivity index (χ2v) is 9.38. The van der Waals surface area contributed by atoms with Gasteiger partial charge in [-0.15, -0.1) is 0 Å². The summed E-state index contributed by atoms with van der Waals surface area (Å²) >= 11 is 6.13. The van der Waals surface area contributed by atoms with E-state index in [0.29, 0.717) is 24.2 Å². The van der Waals surface area contributed by atoms with Crippen LogP contribution < -0.4 is 5.32 Å². The first-order valence-corrected chi connectivity index (χ1v) is 11.6. The van der Waals surface area contributed by atoms with Crippen molar-refractivity contribution >= 4 is 50.1 Å². The molecule has 1 aliphatic heterocycles. The van der Waals surface area contributed by atoms with Gasteiger partial charge in [0.15, 0.2) is 6.61 Å². The summed E-state index contributed by atoms with van der Waals surface area (Å²) in [6.07, 6.45) is 1.52. The number of sulfonamides is 1. The molecule has 1 aliphatic rings. The second-order valence-electron chi connectivity index (χ2n) is 7.03. The molecule has 3 aromatic rings. The van der Waals surface area contributed by atoms with Crippen molar-refractivity contribution in [1.29, 1.82) is 0 Å². The van der Waals surface area contributed by atoms with Gasteiger partial charge in [0.05, 0.1) is 34.4 Å². The number of esters is 1. The average Bonchev–Trinajstić information content (AvgIpc) is 3.24. The molecule has 0 radical (unpaired) electrons. The molecule has 0 aliphatic carbocycles. The summed E-state index contributed by atoms with van der Waals surface area (Å²) in [5, 5.41) is 3.34. The summed E-state index contributed by atoms with van der Waals surface area (Å²) in [6, 6.07) is 11.3. The zero-order chi connectivity index (χ0) is 22.7. The molecule has 0 spiro atoms. The Morgan fingerprint density at radius 2 is 1.91 bits per heavy atom. The normalized spacial score (nSPS) is 14.9. The standard InChI is InChI=1S/C21H20ClN3O6S/c22-17-6-5-14(32(28,29)25-7-9-30-10-8-25)11-19(17)24-20(26)13-31-21(27)16-12-23-18-4-2-1-3-15(16)18/h1-6,11-12,23H,7-10,13H2,(H,24,26).